The van der Waals surface area contributed by atoms with Gasteiger partial charge in [0, 0.05) is 29.0 Å². The summed E-state index contributed by atoms with van der Waals surface area (Å²) in [7, 11) is 0. The van der Waals surface area contributed by atoms with E-state index in [1.165, 1.54) is 12.1 Å². The molecule has 0 saturated heterocycles. The highest BCUT2D eigenvalue weighted by atomic mass is 35.5. The van der Waals surface area contributed by atoms with Crippen molar-refractivity contribution in [3.05, 3.63) is 81.5 Å². The summed E-state index contributed by atoms with van der Waals surface area (Å²) in [6, 6.07) is 17.7. The highest BCUT2D eigenvalue weighted by molar-refractivity contribution is 6.33. The predicted octanol–water partition coefficient (Wildman–Crippen LogP) is 5.87. The van der Waals surface area contributed by atoms with Crippen LogP contribution in [0.1, 0.15) is 5.69 Å². The fourth-order valence-corrected chi connectivity index (χ4v) is 3.15. The van der Waals surface area contributed by atoms with Gasteiger partial charge in [-0.1, -0.05) is 41.9 Å². The molecule has 6 nitrogen and oxygen atoms in total. The largest absolute Gasteiger partial charge is 0.453 e. The molecule has 0 aliphatic heterocycles. The molecule has 2 aromatic carbocycles. The number of H-pyrrole nitrogens is 1. The first-order chi connectivity index (χ1) is 13.0. The second-order valence-electron chi connectivity index (χ2n) is 6.01. The van der Waals surface area contributed by atoms with Crippen LogP contribution in [0, 0.1) is 17.0 Å². The molecule has 134 valence electrons. The molecular weight excluding hydrogens is 366 g/mol. The molecule has 0 saturated carbocycles. The minimum absolute atomic E-state index is 0.0651. The van der Waals surface area contributed by atoms with Crippen LogP contribution in [-0.4, -0.2) is 14.9 Å². The van der Waals surface area contributed by atoms with Gasteiger partial charge in [-0.25, -0.2) is 4.98 Å². The Bertz CT molecular complexity index is 1130. The first-order valence-electron chi connectivity index (χ1n) is 8.19. The molecule has 7 heteroatoms. The van der Waals surface area contributed by atoms with E-state index in [2.05, 4.69) is 9.97 Å². The summed E-state index contributed by atoms with van der Waals surface area (Å²) < 4.78 is 5.89. The smallest absolute Gasteiger partial charge is 0.270 e. The first kappa shape index (κ1) is 17.1. The van der Waals surface area contributed by atoms with E-state index < -0.39 is 4.92 Å². The van der Waals surface area contributed by atoms with E-state index in [4.69, 9.17) is 16.0 Å². The Labute approximate surface area is 159 Å². The Morgan fingerprint density at radius 3 is 2.52 bits per heavy atom. The van der Waals surface area contributed by atoms with Crippen molar-refractivity contribution in [3.63, 3.8) is 0 Å². The molecular formula is C20H14ClN3O3. The molecule has 0 radical (unpaired) electrons. The number of rotatable bonds is 4. The standard InChI is InChI=1S/C20H14ClN3O3/c1-12-19(13-5-3-2-4-6-13)23-20(22-12)18-10-9-17(27-18)15-8-7-14(24(25)26)11-16(15)21/h2-11H,1H3,(H,22,23). The van der Waals surface area contributed by atoms with Crippen molar-refractivity contribution >= 4 is 17.3 Å². The number of imidazole rings is 1. The van der Waals surface area contributed by atoms with Crippen LogP contribution in [0.2, 0.25) is 5.02 Å². The number of hydrogen-bond donors (Lipinski definition) is 1. The Balaban J connectivity index is 1.69. The molecule has 0 atom stereocenters. The van der Waals surface area contributed by atoms with Crippen LogP contribution in [0.25, 0.3) is 34.2 Å². The molecule has 2 aromatic heterocycles. The van der Waals surface area contributed by atoms with Gasteiger partial charge >= 0.3 is 0 Å². The Hall–Kier alpha value is -3.38. The Morgan fingerprint density at radius 1 is 1.07 bits per heavy atom. The number of nitro groups is 1. The van der Waals surface area contributed by atoms with Crippen LogP contribution in [0.3, 0.4) is 0 Å². The molecule has 0 spiro atoms. The highest BCUT2D eigenvalue weighted by Crippen LogP contribution is 2.35. The number of aryl methyl sites for hydroxylation is 1. The first-order valence-corrected chi connectivity index (χ1v) is 8.57. The number of aromatic nitrogens is 2. The van der Waals surface area contributed by atoms with Gasteiger partial charge in [0.2, 0.25) is 0 Å². The summed E-state index contributed by atoms with van der Waals surface area (Å²) in [6.07, 6.45) is 0. The van der Waals surface area contributed by atoms with Crippen molar-refractivity contribution in [3.8, 4) is 34.2 Å². The number of halogens is 1. The number of aromatic amines is 1. The maximum atomic E-state index is 10.9. The van der Waals surface area contributed by atoms with Gasteiger partial charge in [-0.15, -0.1) is 0 Å². The van der Waals surface area contributed by atoms with E-state index in [-0.39, 0.29) is 10.7 Å². The lowest BCUT2D eigenvalue weighted by molar-refractivity contribution is -0.384. The Morgan fingerprint density at radius 2 is 1.81 bits per heavy atom. The number of hydrogen-bond acceptors (Lipinski definition) is 4. The number of nitro benzene ring substituents is 1. The van der Waals surface area contributed by atoms with Gasteiger partial charge in [0.05, 0.1) is 15.6 Å². The minimum atomic E-state index is -0.486. The fraction of sp³-hybridized carbons (Fsp3) is 0.0500. The lowest BCUT2D eigenvalue weighted by Crippen LogP contribution is -1.88. The monoisotopic (exact) mass is 379 g/mol. The molecule has 1 N–H and O–H groups in total. The number of non-ortho nitro benzene ring substituents is 1. The van der Waals surface area contributed by atoms with Crippen molar-refractivity contribution in [1.82, 2.24) is 9.97 Å². The van der Waals surface area contributed by atoms with Crippen molar-refractivity contribution < 1.29 is 9.34 Å². The average Bonchev–Trinajstić information content (AvgIpc) is 3.29. The topological polar surface area (TPSA) is 85.0 Å². The van der Waals surface area contributed by atoms with Gasteiger partial charge in [0.1, 0.15) is 5.76 Å². The third-order valence-electron chi connectivity index (χ3n) is 4.20. The van der Waals surface area contributed by atoms with E-state index in [0.717, 1.165) is 17.0 Å². The maximum absolute atomic E-state index is 10.9. The summed E-state index contributed by atoms with van der Waals surface area (Å²) >= 11 is 6.18. The predicted molar refractivity (Wildman–Crippen MR) is 104 cm³/mol. The maximum Gasteiger partial charge on any atom is 0.270 e. The molecule has 4 rings (SSSR count). The summed E-state index contributed by atoms with van der Waals surface area (Å²) in [5.41, 5.74) is 3.33. The lowest BCUT2D eigenvalue weighted by Gasteiger charge is -2.00. The molecule has 0 fully saturated rings. The van der Waals surface area contributed by atoms with Crippen LogP contribution in [0.4, 0.5) is 5.69 Å². The van der Waals surface area contributed by atoms with Crippen LogP contribution in [0.15, 0.2) is 65.1 Å². The fourth-order valence-electron chi connectivity index (χ4n) is 2.88. The van der Waals surface area contributed by atoms with Gasteiger partial charge < -0.3 is 9.40 Å². The quantitative estimate of drug-likeness (QED) is 0.354. The van der Waals surface area contributed by atoms with Crippen molar-refractivity contribution in [1.29, 1.82) is 0 Å². The van der Waals surface area contributed by atoms with E-state index in [0.29, 0.717) is 22.9 Å². The summed E-state index contributed by atoms with van der Waals surface area (Å²) in [5.74, 6) is 1.68. The molecule has 4 aromatic rings. The summed E-state index contributed by atoms with van der Waals surface area (Å²) in [4.78, 5) is 18.2. The van der Waals surface area contributed by atoms with E-state index in [1.54, 1.807) is 18.2 Å². The molecule has 2 heterocycles. The van der Waals surface area contributed by atoms with Crippen molar-refractivity contribution in [2.24, 2.45) is 0 Å². The molecule has 0 amide bonds. The molecule has 0 unspecified atom stereocenters. The third-order valence-corrected chi connectivity index (χ3v) is 4.51. The second kappa shape index (κ2) is 6.74. The van der Waals surface area contributed by atoms with Crippen LogP contribution < -0.4 is 0 Å². The number of furan rings is 1. The van der Waals surface area contributed by atoms with Gasteiger partial charge in [-0.05, 0) is 25.1 Å². The van der Waals surface area contributed by atoms with Gasteiger partial charge in [-0.3, -0.25) is 10.1 Å². The van der Waals surface area contributed by atoms with Crippen molar-refractivity contribution in [2.45, 2.75) is 6.92 Å². The minimum Gasteiger partial charge on any atom is -0.453 e. The van der Waals surface area contributed by atoms with E-state index in [1.807, 2.05) is 37.3 Å². The van der Waals surface area contributed by atoms with Crippen LogP contribution >= 0.6 is 11.6 Å². The third kappa shape index (κ3) is 3.22. The summed E-state index contributed by atoms with van der Waals surface area (Å²) in [6.45, 7) is 1.95. The number of nitrogens with one attached hydrogen (secondary N) is 1. The van der Waals surface area contributed by atoms with Crippen LogP contribution in [-0.2, 0) is 0 Å². The normalized spacial score (nSPS) is 10.9. The lowest BCUT2D eigenvalue weighted by atomic mass is 10.1. The molecule has 27 heavy (non-hydrogen) atoms. The highest BCUT2D eigenvalue weighted by Gasteiger charge is 2.16. The Kier molecular flexibility index (Phi) is 4.25. The SMILES string of the molecule is Cc1[nH]c(-c2ccc(-c3ccc([N+](=O)[O-])cc3Cl)o2)nc1-c1ccccc1. The zero-order valence-corrected chi connectivity index (χ0v) is 15.0. The molecule has 0 aliphatic carbocycles. The van der Waals surface area contributed by atoms with E-state index in [9.17, 15) is 10.1 Å². The van der Waals surface area contributed by atoms with Crippen molar-refractivity contribution in [2.75, 3.05) is 0 Å². The number of benzene rings is 2. The van der Waals surface area contributed by atoms with Gasteiger partial charge in [0.15, 0.2) is 11.6 Å². The second-order valence-corrected chi connectivity index (χ2v) is 6.42. The van der Waals surface area contributed by atoms with Gasteiger partial charge in [-0.2, -0.15) is 0 Å². The van der Waals surface area contributed by atoms with Crippen LogP contribution in [0.5, 0.6) is 0 Å². The zero-order valence-electron chi connectivity index (χ0n) is 14.3. The molecule has 0 aliphatic rings. The number of nitrogens with zero attached hydrogens (tertiary/aromatic N) is 2. The summed E-state index contributed by atoms with van der Waals surface area (Å²) in [5, 5.41) is 11.1. The zero-order chi connectivity index (χ0) is 19.0. The average molecular weight is 380 g/mol. The van der Waals surface area contributed by atoms with E-state index >= 15 is 0 Å². The van der Waals surface area contributed by atoms with Gasteiger partial charge in [0.25, 0.3) is 5.69 Å². The molecule has 0 bridgehead atoms.